The lowest BCUT2D eigenvalue weighted by atomic mass is 9.83. The van der Waals surface area contributed by atoms with Crippen LogP contribution in [0.5, 0.6) is 0 Å². The first kappa shape index (κ1) is 22.7. The van der Waals surface area contributed by atoms with Crippen molar-refractivity contribution in [1.82, 2.24) is 0 Å². The number of esters is 1. The van der Waals surface area contributed by atoms with Gasteiger partial charge < -0.3 is 14.2 Å². The van der Waals surface area contributed by atoms with Gasteiger partial charge in [0.05, 0.1) is 6.10 Å². The Bertz CT molecular complexity index is 451. The van der Waals surface area contributed by atoms with Gasteiger partial charge >= 0.3 is 23.9 Å². The van der Waals surface area contributed by atoms with Crippen LogP contribution >= 0.6 is 0 Å². The molecule has 0 atom stereocenters. The van der Waals surface area contributed by atoms with Crippen LogP contribution in [-0.2, 0) is 19.0 Å². The fourth-order valence-electron chi connectivity index (χ4n) is 1.83. The van der Waals surface area contributed by atoms with Crippen LogP contribution in [-0.4, -0.2) is 42.4 Å². The predicted octanol–water partition coefficient (Wildman–Crippen LogP) is 4.15. The Balaban J connectivity index is 6.07. The van der Waals surface area contributed by atoms with Crippen molar-refractivity contribution < 1.29 is 45.3 Å². The summed E-state index contributed by atoms with van der Waals surface area (Å²) in [6, 6.07) is 0. The van der Waals surface area contributed by atoms with Gasteiger partial charge in [-0.05, 0) is 34.6 Å². The first-order valence-corrected chi connectivity index (χ1v) is 6.77. The van der Waals surface area contributed by atoms with Gasteiger partial charge in [-0.1, -0.05) is 6.58 Å². The third kappa shape index (κ3) is 4.62. The molecule has 10 heteroatoms. The smallest absolute Gasteiger partial charge is 0.430 e. The van der Waals surface area contributed by atoms with Gasteiger partial charge in [-0.25, -0.2) is 4.79 Å². The summed E-state index contributed by atoms with van der Waals surface area (Å²) in [6.45, 7) is 6.64. The van der Waals surface area contributed by atoms with Crippen LogP contribution in [0.2, 0.25) is 0 Å². The highest BCUT2D eigenvalue weighted by Gasteiger charge is 2.80. The van der Waals surface area contributed by atoms with Crippen LogP contribution in [0.15, 0.2) is 12.2 Å². The lowest BCUT2D eigenvalue weighted by Crippen LogP contribution is -2.71. The average molecular weight is 366 g/mol. The van der Waals surface area contributed by atoms with E-state index in [2.05, 4.69) is 20.8 Å². The number of carbonyl (C=O) groups is 1. The molecule has 0 bridgehead atoms. The molecule has 0 radical (unpaired) electrons. The molecule has 0 aromatic rings. The highest BCUT2D eigenvalue weighted by Crippen LogP contribution is 2.53. The van der Waals surface area contributed by atoms with Crippen molar-refractivity contribution in [3.8, 4) is 0 Å². The fourth-order valence-corrected chi connectivity index (χ4v) is 1.83. The van der Waals surface area contributed by atoms with Gasteiger partial charge in [0, 0.05) is 5.57 Å². The van der Waals surface area contributed by atoms with Crippen LogP contribution in [0.4, 0.5) is 26.3 Å². The Morgan fingerprint density at radius 1 is 1.04 bits per heavy atom. The first-order valence-electron chi connectivity index (χ1n) is 6.77. The maximum absolute atomic E-state index is 13.4. The maximum Gasteiger partial charge on any atom is 0.430 e. The summed E-state index contributed by atoms with van der Waals surface area (Å²) in [6.07, 6.45) is -12.6. The number of carbonyl (C=O) groups excluding carboxylic acids is 1. The second kappa shape index (κ2) is 7.30. The molecule has 0 aromatic carbocycles. The Hall–Kier alpha value is -1.29. The van der Waals surface area contributed by atoms with Gasteiger partial charge in [-0.3, -0.25) is 0 Å². The van der Waals surface area contributed by atoms with Crippen LogP contribution in [0, 0.1) is 0 Å². The zero-order valence-corrected chi connectivity index (χ0v) is 13.9. The minimum absolute atomic E-state index is 0.361. The van der Waals surface area contributed by atoms with Gasteiger partial charge in [0.1, 0.15) is 6.79 Å². The van der Waals surface area contributed by atoms with Crippen molar-refractivity contribution in [3.05, 3.63) is 12.2 Å². The number of rotatable bonds is 7. The van der Waals surface area contributed by atoms with Crippen LogP contribution in [0.25, 0.3) is 0 Å². The summed E-state index contributed by atoms with van der Waals surface area (Å²) in [5.41, 5.74) is -8.29. The van der Waals surface area contributed by atoms with E-state index < -0.39 is 42.4 Å². The molecule has 0 saturated carbocycles. The Morgan fingerprint density at radius 3 is 1.75 bits per heavy atom. The van der Waals surface area contributed by atoms with Gasteiger partial charge in [-0.15, -0.1) is 0 Å². The molecule has 0 rings (SSSR count). The van der Waals surface area contributed by atoms with E-state index in [-0.39, 0.29) is 5.57 Å². The predicted molar refractivity (Wildman–Crippen MR) is 72.0 cm³/mol. The minimum atomic E-state index is -5.94. The van der Waals surface area contributed by atoms with E-state index in [9.17, 15) is 31.1 Å². The van der Waals surface area contributed by atoms with E-state index >= 15 is 0 Å². The van der Waals surface area contributed by atoms with Crippen molar-refractivity contribution >= 4 is 5.97 Å². The van der Waals surface area contributed by atoms with Crippen molar-refractivity contribution in [3.63, 3.8) is 0 Å². The van der Waals surface area contributed by atoms with Gasteiger partial charge in [-0.2, -0.15) is 26.3 Å². The van der Waals surface area contributed by atoms with Gasteiger partial charge in [0.15, 0.2) is 5.60 Å². The van der Waals surface area contributed by atoms with Crippen molar-refractivity contribution in [2.75, 3.05) is 6.79 Å². The van der Waals surface area contributed by atoms with E-state index in [0.717, 1.165) is 6.92 Å². The summed E-state index contributed by atoms with van der Waals surface area (Å²) in [7, 11) is 0. The molecule has 0 aliphatic rings. The third-order valence-corrected chi connectivity index (χ3v) is 3.02. The normalized spacial score (nSPS) is 14.0. The fraction of sp³-hybridized carbons (Fsp3) is 0.786. The molecule has 0 fully saturated rings. The monoisotopic (exact) mass is 366 g/mol. The standard InChI is InChI=1S/C14H20F6O4/c1-8(2)10(21)24-11(5,6)12(13(15,16)17,14(18,19)20)23-7-22-9(3)4/h9H,1,7H2,2-6H3. The van der Waals surface area contributed by atoms with E-state index in [0.29, 0.717) is 13.8 Å². The molecule has 24 heavy (non-hydrogen) atoms. The molecule has 0 unspecified atom stereocenters. The molecule has 0 spiro atoms. The average Bonchev–Trinajstić information content (AvgIpc) is 2.29. The molecule has 0 aliphatic heterocycles. The zero-order chi connectivity index (χ0) is 19.6. The van der Waals surface area contributed by atoms with Gasteiger partial charge in [0.2, 0.25) is 0 Å². The van der Waals surface area contributed by atoms with E-state index in [1.807, 2.05) is 0 Å². The summed E-state index contributed by atoms with van der Waals surface area (Å²) < 4.78 is 93.8. The lowest BCUT2D eigenvalue weighted by molar-refractivity contribution is -0.430. The Kier molecular flexibility index (Phi) is 6.91. The van der Waals surface area contributed by atoms with Crippen molar-refractivity contribution in [2.24, 2.45) is 0 Å². The molecule has 0 heterocycles. The molecule has 0 aliphatic carbocycles. The lowest BCUT2D eigenvalue weighted by Gasteiger charge is -2.46. The Labute approximate surface area is 135 Å². The summed E-state index contributed by atoms with van der Waals surface area (Å²) >= 11 is 0. The molecular formula is C14H20F6O4. The second-order valence-electron chi connectivity index (χ2n) is 5.83. The number of ether oxygens (including phenoxy) is 3. The van der Waals surface area contributed by atoms with Crippen LogP contribution in [0.3, 0.4) is 0 Å². The molecular weight excluding hydrogens is 346 g/mol. The minimum Gasteiger partial charge on any atom is -0.452 e. The zero-order valence-electron chi connectivity index (χ0n) is 13.9. The highest BCUT2D eigenvalue weighted by atomic mass is 19.4. The van der Waals surface area contributed by atoms with E-state index in [1.54, 1.807) is 0 Å². The Morgan fingerprint density at radius 2 is 1.46 bits per heavy atom. The number of hydrogen-bond donors (Lipinski definition) is 0. The van der Waals surface area contributed by atoms with Crippen molar-refractivity contribution in [1.29, 1.82) is 0 Å². The number of alkyl halides is 6. The van der Waals surface area contributed by atoms with Crippen LogP contribution < -0.4 is 0 Å². The topological polar surface area (TPSA) is 44.8 Å². The molecule has 0 saturated heterocycles. The first-order chi connectivity index (χ1) is 10.5. The summed E-state index contributed by atoms with van der Waals surface area (Å²) in [5.74, 6) is -1.41. The maximum atomic E-state index is 13.4. The molecule has 4 nitrogen and oxygen atoms in total. The molecule has 0 amide bonds. The second-order valence-corrected chi connectivity index (χ2v) is 5.83. The van der Waals surface area contributed by atoms with E-state index in [1.165, 1.54) is 13.8 Å². The van der Waals surface area contributed by atoms with Gasteiger partial charge in [0.25, 0.3) is 0 Å². The third-order valence-electron chi connectivity index (χ3n) is 3.02. The van der Waals surface area contributed by atoms with Crippen LogP contribution in [0.1, 0.15) is 34.6 Å². The SMILES string of the molecule is C=C(C)C(=O)OC(C)(C)C(OCOC(C)C)(C(F)(F)F)C(F)(F)F. The summed E-state index contributed by atoms with van der Waals surface area (Å²) in [5, 5.41) is 0. The van der Waals surface area contributed by atoms with E-state index in [4.69, 9.17) is 0 Å². The quantitative estimate of drug-likeness (QED) is 0.294. The number of halogens is 6. The largest absolute Gasteiger partial charge is 0.452 e. The number of hydrogen-bond acceptors (Lipinski definition) is 4. The molecule has 0 aromatic heterocycles. The summed E-state index contributed by atoms with van der Waals surface area (Å²) in [4.78, 5) is 11.5. The highest BCUT2D eigenvalue weighted by molar-refractivity contribution is 5.87. The molecule has 0 N–H and O–H groups in total. The van der Waals surface area contributed by atoms with Crippen molar-refractivity contribution in [2.45, 2.75) is 64.3 Å². The molecule has 142 valence electrons.